The van der Waals surface area contributed by atoms with Crippen LogP contribution in [0.15, 0.2) is 0 Å². The summed E-state index contributed by atoms with van der Waals surface area (Å²) < 4.78 is 0. The summed E-state index contributed by atoms with van der Waals surface area (Å²) in [5.74, 6) is -0.146. The van der Waals surface area contributed by atoms with E-state index in [4.69, 9.17) is 10.8 Å². The van der Waals surface area contributed by atoms with Gasteiger partial charge in [0.15, 0.2) is 0 Å². The second-order valence-electron chi connectivity index (χ2n) is 5.78. The van der Waals surface area contributed by atoms with Crippen LogP contribution >= 0.6 is 0 Å². The summed E-state index contributed by atoms with van der Waals surface area (Å²) in [6.07, 6.45) is 1.64. The topological polar surface area (TPSA) is 66.6 Å². The maximum Gasteiger partial charge on any atom is 0.320 e. The molecule has 0 radical (unpaired) electrons. The van der Waals surface area contributed by atoms with Gasteiger partial charge in [0.05, 0.1) is 0 Å². The van der Waals surface area contributed by atoms with Crippen LogP contribution in [0, 0.1) is 11.3 Å². The fourth-order valence-electron chi connectivity index (χ4n) is 2.40. The van der Waals surface area contributed by atoms with Gasteiger partial charge in [0, 0.05) is 6.54 Å². The molecule has 1 aliphatic heterocycles. The number of nitrogens with two attached hydrogens (primary N) is 1. The van der Waals surface area contributed by atoms with Gasteiger partial charge in [-0.05, 0) is 37.3 Å². The molecule has 0 aromatic carbocycles. The first-order valence-corrected chi connectivity index (χ1v) is 6.03. The highest BCUT2D eigenvalue weighted by atomic mass is 16.4. The molecule has 2 atom stereocenters. The molecule has 3 N–H and O–H groups in total. The summed E-state index contributed by atoms with van der Waals surface area (Å²) in [7, 11) is 0. The van der Waals surface area contributed by atoms with Crippen LogP contribution in [0.25, 0.3) is 0 Å². The first-order chi connectivity index (χ1) is 7.36. The van der Waals surface area contributed by atoms with Crippen molar-refractivity contribution in [2.24, 2.45) is 17.1 Å². The van der Waals surface area contributed by atoms with Crippen LogP contribution in [0.2, 0.25) is 0 Å². The number of likely N-dealkylation sites (tertiary alicyclic amines) is 1. The van der Waals surface area contributed by atoms with Gasteiger partial charge in [0.2, 0.25) is 0 Å². The normalized spacial score (nSPS) is 24.6. The zero-order valence-electron chi connectivity index (χ0n) is 10.6. The Bertz CT molecular complexity index is 248. The Kier molecular flexibility index (Phi) is 4.33. The van der Waals surface area contributed by atoms with Gasteiger partial charge in [0.1, 0.15) is 6.04 Å². The van der Waals surface area contributed by atoms with Crippen LogP contribution in [0.4, 0.5) is 0 Å². The van der Waals surface area contributed by atoms with Gasteiger partial charge in [-0.25, -0.2) is 0 Å². The maximum absolute atomic E-state index is 11.1. The van der Waals surface area contributed by atoms with Crippen molar-refractivity contribution in [3.05, 3.63) is 0 Å². The maximum atomic E-state index is 11.1. The molecule has 0 aromatic rings. The number of hydrogen-bond donors (Lipinski definition) is 2. The minimum absolute atomic E-state index is 0.264. The summed E-state index contributed by atoms with van der Waals surface area (Å²) in [6.45, 7) is 8.88. The first kappa shape index (κ1) is 13.5. The van der Waals surface area contributed by atoms with E-state index in [1.807, 2.05) is 0 Å². The largest absolute Gasteiger partial charge is 0.480 e. The van der Waals surface area contributed by atoms with E-state index in [1.165, 1.54) is 0 Å². The van der Waals surface area contributed by atoms with Crippen molar-refractivity contribution in [2.45, 2.75) is 39.7 Å². The fraction of sp³-hybridized carbons (Fsp3) is 0.917. The number of carboxylic acid groups (broad SMARTS) is 1. The average Bonchev–Trinajstić information content (AvgIpc) is 2.61. The Balaban J connectivity index is 2.59. The van der Waals surface area contributed by atoms with E-state index in [0.29, 0.717) is 18.9 Å². The van der Waals surface area contributed by atoms with Crippen LogP contribution in [0.1, 0.15) is 33.6 Å². The van der Waals surface area contributed by atoms with Gasteiger partial charge in [-0.1, -0.05) is 20.8 Å². The molecule has 0 aromatic heterocycles. The van der Waals surface area contributed by atoms with Gasteiger partial charge < -0.3 is 10.8 Å². The van der Waals surface area contributed by atoms with Gasteiger partial charge in [0.25, 0.3) is 0 Å². The molecule has 0 amide bonds. The fourth-order valence-corrected chi connectivity index (χ4v) is 2.40. The van der Waals surface area contributed by atoms with Gasteiger partial charge in [-0.2, -0.15) is 0 Å². The Labute approximate surface area is 97.8 Å². The van der Waals surface area contributed by atoms with Crippen molar-refractivity contribution in [3.63, 3.8) is 0 Å². The highest BCUT2D eigenvalue weighted by molar-refractivity contribution is 5.73. The quantitative estimate of drug-likeness (QED) is 0.757. The monoisotopic (exact) mass is 228 g/mol. The molecular formula is C12H24N2O2. The highest BCUT2D eigenvalue weighted by Gasteiger charge is 2.36. The van der Waals surface area contributed by atoms with Crippen molar-refractivity contribution in [1.29, 1.82) is 0 Å². The van der Waals surface area contributed by atoms with E-state index in [9.17, 15) is 4.79 Å². The Morgan fingerprint density at radius 3 is 2.56 bits per heavy atom. The van der Waals surface area contributed by atoms with Crippen LogP contribution in [-0.4, -0.2) is 41.7 Å². The predicted molar refractivity (Wildman–Crippen MR) is 64.2 cm³/mol. The lowest BCUT2D eigenvalue weighted by Crippen LogP contribution is -2.41. The molecule has 0 spiro atoms. The van der Waals surface area contributed by atoms with E-state index in [-0.39, 0.29) is 5.41 Å². The van der Waals surface area contributed by atoms with Crippen molar-refractivity contribution >= 4 is 5.97 Å². The second kappa shape index (κ2) is 5.15. The molecule has 1 saturated heterocycles. The number of carbonyl (C=O) groups is 1. The third-order valence-electron chi connectivity index (χ3n) is 3.61. The number of nitrogens with zero attached hydrogens (tertiary/aromatic N) is 1. The van der Waals surface area contributed by atoms with E-state index in [2.05, 4.69) is 25.7 Å². The summed E-state index contributed by atoms with van der Waals surface area (Å²) >= 11 is 0. The van der Waals surface area contributed by atoms with Crippen molar-refractivity contribution in [3.8, 4) is 0 Å². The SMILES string of the molecule is CC(C)(C)C1CCN(C(CCN)C(=O)O)C1. The summed E-state index contributed by atoms with van der Waals surface area (Å²) in [4.78, 5) is 13.2. The first-order valence-electron chi connectivity index (χ1n) is 6.03. The minimum Gasteiger partial charge on any atom is -0.480 e. The van der Waals surface area contributed by atoms with Crippen LogP contribution in [0.3, 0.4) is 0 Å². The van der Waals surface area contributed by atoms with Crippen molar-refractivity contribution < 1.29 is 9.90 Å². The molecule has 0 bridgehead atoms. The second-order valence-corrected chi connectivity index (χ2v) is 5.78. The molecule has 1 fully saturated rings. The molecule has 2 unspecified atom stereocenters. The molecule has 4 nitrogen and oxygen atoms in total. The molecule has 1 heterocycles. The summed E-state index contributed by atoms with van der Waals surface area (Å²) in [5.41, 5.74) is 5.73. The lowest BCUT2D eigenvalue weighted by atomic mass is 9.80. The molecule has 1 aliphatic rings. The number of aliphatic carboxylic acids is 1. The molecular weight excluding hydrogens is 204 g/mol. The molecule has 16 heavy (non-hydrogen) atoms. The van der Waals surface area contributed by atoms with Crippen LogP contribution < -0.4 is 5.73 Å². The van der Waals surface area contributed by atoms with Crippen LogP contribution in [-0.2, 0) is 4.79 Å². The van der Waals surface area contributed by atoms with E-state index < -0.39 is 12.0 Å². The van der Waals surface area contributed by atoms with Crippen molar-refractivity contribution in [1.82, 2.24) is 4.90 Å². The minimum atomic E-state index is -0.736. The zero-order valence-corrected chi connectivity index (χ0v) is 10.6. The highest BCUT2D eigenvalue weighted by Crippen LogP contribution is 2.34. The van der Waals surface area contributed by atoms with E-state index in [0.717, 1.165) is 19.5 Å². The molecule has 0 saturated carbocycles. The molecule has 4 heteroatoms. The third-order valence-corrected chi connectivity index (χ3v) is 3.61. The zero-order chi connectivity index (χ0) is 12.3. The molecule has 94 valence electrons. The van der Waals surface area contributed by atoms with Gasteiger partial charge >= 0.3 is 5.97 Å². The van der Waals surface area contributed by atoms with Crippen LogP contribution in [0.5, 0.6) is 0 Å². The molecule has 0 aliphatic carbocycles. The predicted octanol–water partition coefficient (Wildman–Crippen LogP) is 1.16. The number of carboxylic acids is 1. The van der Waals surface area contributed by atoms with E-state index >= 15 is 0 Å². The van der Waals surface area contributed by atoms with Gasteiger partial charge in [-0.15, -0.1) is 0 Å². The van der Waals surface area contributed by atoms with Crippen molar-refractivity contribution in [2.75, 3.05) is 19.6 Å². The Hall–Kier alpha value is -0.610. The summed E-state index contributed by atoms with van der Waals surface area (Å²) in [6, 6.07) is -0.391. The number of rotatable bonds is 4. The number of hydrogen-bond acceptors (Lipinski definition) is 3. The lowest BCUT2D eigenvalue weighted by molar-refractivity contribution is -0.143. The van der Waals surface area contributed by atoms with E-state index in [1.54, 1.807) is 0 Å². The summed E-state index contributed by atoms with van der Waals surface area (Å²) in [5, 5.41) is 9.16. The Morgan fingerprint density at radius 1 is 1.56 bits per heavy atom. The lowest BCUT2D eigenvalue weighted by Gasteiger charge is -2.29. The standard InChI is InChI=1S/C12H24N2O2/c1-12(2,3)9-5-7-14(8-9)10(4-6-13)11(15)16/h9-10H,4-8,13H2,1-3H3,(H,15,16). The molecule has 1 rings (SSSR count). The third kappa shape index (κ3) is 3.19. The smallest absolute Gasteiger partial charge is 0.320 e. The average molecular weight is 228 g/mol. The van der Waals surface area contributed by atoms with Gasteiger partial charge in [-0.3, -0.25) is 9.69 Å². The Morgan fingerprint density at radius 2 is 2.19 bits per heavy atom.